The summed E-state index contributed by atoms with van der Waals surface area (Å²) in [4.78, 5) is 22.8. The molecule has 0 aromatic carbocycles. The van der Waals surface area contributed by atoms with Crippen LogP contribution in [-0.2, 0) is 14.3 Å². The van der Waals surface area contributed by atoms with Gasteiger partial charge in [-0.05, 0) is 0 Å². The minimum atomic E-state index is -2.59. The lowest BCUT2D eigenvalue weighted by Crippen LogP contribution is -2.36. The molecule has 5 nitrogen and oxygen atoms in total. The van der Waals surface area contributed by atoms with Crippen molar-refractivity contribution in [3.8, 4) is 12.3 Å². The first kappa shape index (κ1) is 15.3. The van der Waals surface area contributed by atoms with Crippen LogP contribution in [0.1, 0.15) is 6.42 Å². The van der Waals surface area contributed by atoms with Gasteiger partial charge in [0.15, 0.2) is 0 Å². The lowest BCUT2D eigenvalue weighted by molar-refractivity contribution is -0.144. The Morgan fingerprint density at radius 2 is 2.12 bits per heavy atom. The minimum absolute atomic E-state index is 0.139. The number of hydrogen-bond donors (Lipinski definition) is 1. The molecule has 0 spiro atoms. The molecule has 0 aliphatic rings. The van der Waals surface area contributed by atoms with Crippen molar-refractivity contribution in [1.82, 2.24) is 4.90 Å². The Morgan fingerprint density at radius 3 is 2.59 bits per heavy atom. The molecule has 0 aliphatic heterocycles. The molecule has 0 unspecified atom stereocenters. The Bertz CT molecular complexity index is 301. The average molecular weight is 249 g/mol. The molecule has 0 heterocycles. The molecule has 0 saturated heterocycles. The maximum Gasteiger partial charge on any atom is 0.323 e. The van der Waals surface area contributed by atoms with Crippen molar-refractivity contribution in [3.63, 3.8) is 0 Å². The molecule has 0 fully saturated rings. The number of nitrogens with zero attached hydrogens (tertiary/aromatic N) is 1. The highest BCUT2D eigenvalue weighted by Crippen LogP contribution is 1.97. The highest BCUT2D eigenvalue weighted by molar-refractivity contribution is 5.81. The van der Waals surface area contributed by atoms with Gasteiger partial charge in [-0.2, -0.15) is 0 Å². The van der Waals surface area contributed by atoms with Gasteiger partial charge in [0.05, 0.1) is 19.6 Å². The molecular formula is C10H13F2NO4. The number of ether oxygens (including phenoxy) is 1. The summed E-state index contributed by atoms with van der Waals surface area (Å²) < 4.78 is 27.9. The molecule has 1 N–H and O–H groups in total. The summed E-state index contributed by atoms with van der Waals surface area (Å²) in [7, 11) is 0. The third-order valence-corrected chi connectivity index (χ3v) is 1.67. The highest BCUT2D eigenvalue weighted by Gasteiger charge is 2.15. The lowest BCUT2D eigenvalue weighted by atomic mass is 10.3. The summed E-state index contributed by atoms with van der Waals surface area (Å²) in [5, 5.41) is 8.51. The van der Waals surface area contributed by atoms with Gasteiger partial charge in [-0.15, -0.1) is 6.42 Å². The van der Waals surface area contributed by atoms with Crippen molar-refractivity contribution in [1.29, 1.82) is 0 Å². The minimum Gasteiger partial charge on any atom is -0.480 e. The van der Waals surface area contributed by atoms with E-state index < -0.39 is 31.5 Å². The smallest absolute Gasteiger partial charge is 0.323 e. The normalized spacial score (nSPS) is 10.0. The number of alkyl halides is 2. The van der Waals surface area contributed by atoms with Crippen LogP contribution >= 0.6 is 0 Å². The van der Waals surface area contributed by atoms with Crippen LogP contribution in [0.15, 0.2) is 0 Å². The fraction of sp³-hybridized carbons (Fsp3) is 0.600. The van der Waals surface area contributed by atoms with Crippen LogP contribution < -0.4 is 0 Å². The van der Waals surface area contributed by atoms with Crippen molar-refractivity contribution in [3.05, 3.63) is 0 Å². The fourth-order valence-electron chi connectivity index (χ4n) is 0.996. The van der Waals surface area contributed by atoms with Crippen LogP contribution in [-0.4, -0.2) is 54.6 Å². The van der Waals surface area contributed by atoms with Gasteiger partial charge in [0.25, 0.3) is 6.43 Å². The number of terminal acetylenes is 1. The zero-order valence-corrected chi connectivity index (χ0v) is 9.07. The molecule has 0 rings (SSSR count). The van der Waals surface area contributed by atoms with Gasteiger partial charge in [-0.25, -0.2) is 8.78 Å². The summed E-state index contributed by atoms with van der Waals surface area (Å²) >= 11 is 0. The van der Waals surface area contributed by atoms with Crippen LogP contribution in [0, 0.1) is 12.3 Å². The zero-order valence-electron chi connectivity index (χ0n) is 9.07. The SMILES string of the molecule is C#CCN(CC(=O)O)C(=O)CCOCC(F)F. The van der Waals surface area contributed by atoms with E-state index >= 15 is 0 Å². The molecule has 0 aromatic rings. The van der Waals surface area contributed by atoms with Crippen molar-refractivity contribution in [2.45, 2.75) is 12.8 Å². The van der Waals surface area contributed by atoms with E-state index in [2.05, 4.69) is 10.7 Å². The van der Waals surface area contributed by atoms with Crippen LogP contribution in [0.25, 0.3) is 0 Å². The van der Waals surface area contributed by atoms with E-state index in [1.807, 2.05) is 0 Å². The molecule has 0 atom stereocenters. The second-order valence-electron chi connectivity index (χ2n) is 3.06. The molecule has 1 amide bonds. The third kappa shape index (κ3) is 8.16. The fourth-order valence-corrected chi connectivity index (χ4v) is 0.996. The van der Waals surface area contributed by atoms with Gasteiger partial charge < -0.3 is 14.7 Å². The number of carbonyl (C=O) groups excluding carboxylic acids is 1. The highest BCUT2D eigenvalue weighted by atomic mass is 19.3. The summed E-state index contributed by atoms with van der Waals surface area (Å²) in [5.74, 6) is 0.409. The van der Waals surface area contributed by atoms with Crippen LogP contribution in [0.3, 0.4) is 0 Å². The van der Waals surface area contributed by atoms with E-state index in [0.717, 1.165) is 4.90 Å². The van der Waals surface area contributed by atoms with E-state index in [-0.39, 0.29) is 19.6 Å². The Morgan fingerprint density at radius 1 is 1.47 bits per heavy atom. The first-order chi connectivity index (χ1) is 7.97. The first-order valence-corrected chi connectivity index (χ1v) is 4.76. The van der Waals surface area contributed by atoms with Crippen LogP contribution in [0.2, 0.25) is 0 Å². The lowest BCUT2D eigenvalue weighted by Gasteiger charge is -2.17. The molecule has 0 aromatic heterocycles. The number of carboxylic acid groups (broad SMARTS) is 1. The predicted molar refractivity (Wildman–Crippen MR) is 54.5 cm³/mol. The number of rotatable bonds is 8. The van der Waals surface area contributed by atoms with E-state index in [0.29, 0.717) is 0 Å². The van der Waals surface area contributed by atoms with E-state index in [9.17, 15) is 18.4 Å². The zero-order chi connectivity index (χ0) is 13.3. The van der Waals surface area contributed by atoms with Crippen molar-refractivity contribution < 1.29 is 28.2 Å². The molecule has 0 aliphatic carbocycles. The molecule has 96 valence electrons. The van der Waals surface area contributed by atoms with Gasteiger partial charge >= 0.3 is 5.97 Å². The van der Waals surface area contributed by atoms with E-state index in [4.69, 9.17) is 11.5 Å². The third-order valence-electron chi connectivity index (χ3n) is 1.67. The summed E-state index contributed by atoms with van der Waals surface area (Å²) in [6, 6.07) is 0. The van der Waals surface area contributed by atoms with Crippen molar-refractivity contribution >= 4 is 11.9 Å². The summed E-state index contributed by atoms with van der Waals surface area (Å²) in [6.45, 7) is -1.59. The van der Waals surface area contributed by atoms with Gasteiger partial charge in [0.2, 0.25) is 5.91 Å². The summed E-state index contributed by atoms with van der Waals surface area (Å²) in [5.41, 5.74) is 0. The van der Waals surface area contributed by atoms with Gasteiger partial charge in [-0.1, -0.05) is 5.92 Å². The Balaban J connectivity index is 3.98. The second-order valence-corrected chi connectivity index (χ2v) is 3.06. The number of amides is 1. The largest absolute Gasteiger partial charge is 0.480 e. The Hall–Kier alpha value is -1.68. The number of aliphatic carboxylic acids is 1. The quantitative estimate of drug-likeness (QED) is 0.493. The van der Waals surface area contributed by atoms with Crippen LogP contribution in [0.4, 0.5) is 8.78 Å². The molecular weight excluding hydrogens is 236 g/mol. The molecule has 17 heavy (non-hydrogen) atoms. The maximum absolute atomic E-state index is 11.7. The maximum atomic E-state index is 11.7. The second kappa shape index (κ2) is 8.47. The Kier molecular flexibility index (Phi) is 7.63. The summed E-state index contributed by atoms with van der Waals surface area (Å²) in [6.07, 6.45) is 2.20. The number of hydrogen-bond acceptors (Lipinski definition) is 3. The van der Waals surface area contributed by atoms with E-state index in [1.165, 1.54) is 0 Å². The molecule has 0 radical (unpaired) electrons. The number of carboxylic acids is 1. The van der Waals surface area contributed by atoms with Crippen molar-refractivity contribution in [2.24, 2.45) is 0 Å². The monoisotopic (exact) mass is 249 g/mol. The predicted octanol–water partition coefficient (Wildman–Crippen LogP) is 0.205. The number of halogens is 2. The molecule has 7 heteroatoms. The number of carbonyl (C=O) groups is 2. The molecule has 0 saturated carbocycles. The average Bonchev–Trinajstić information content (AvgIpc) is 2.22. The topological polar surface area (TPSA) is 66.8 Å². The van der Waals surface area contributed by atoms with Gasteiger partial charge in [0.1, 0.15) is 13.2 Å². The Labute approximate surface area is 97.3 Å². The standard InChI is InChI=1S/C10H13F2NO4/c1-2-4-13(6-10(15)16)9(14)3-5-17-7-8(11)12/h1,8H,3-7H2,(H,15,16). The van der Waals surface area contributed by atoms with Crippen molar-refractivity contribution in [2.75, 3.05) is 26.3 Å². The van der Waals surface area contributed by atoms with Gasteiger partial charge in [-0.3, -0.25) is 9.59 Å². The van der Waals surface area contributed by atoms with Crippen LogP contribution in [0.5, 0.6) is 0 Å². The van der Waals surface area contributed by atoms with E-state index in [1.54, 1.807) is 0 Å². The molecule has 0 bridgehead atoms. The van der Waals surface area contributed by atoms with Gasteiger partial charge in [0, 0.05) is 0 Å². The first-order valence-electron chi connectivity index (χ1n) is 4.76.